The summed E-state index contributed by atoms with van der Waals surface area (Å²) in [6, 6.07) is 6.29. The number of methoxy groups -OCH3 is 1. The number of piperazine rings is 1. The predicted molar refractivity (Wildman–Crippen MR) is 129 cm³/mol. The van der Waals surface area contributed by atoms with Crippen LogP contribution in [0.25, 0.3) is 0 Å². The zero-order valence-corrected chi connectivity index (χ0v) is 19.6. The molecule has 3 aliphatic rings. The molecule has 0 bridgehead atoms. The molecule has 166 valence electrons. The molecule has 1 saturated carbocycles. The number of anilines is 2. The molecule has 2 aromatic rings. The first kappa shape index (κ1) is 20.6. The lowest BCUT2D eigenvalue weighted by molar-refractivity contribution is 0.312. The molecule has 0 spiro atoms. The van der Waals surface area contributed by atoms with Crippen molar-refractivity contribution in [2.75, 3.05) is 50.6 Å². The van der Waals surface area contributed by atoms with Gasteiger partial charge in [0.25, 0.3) is 0 Å². The summed E-state index contributed by atoms with van der Waals surface area (Å²) in [4.78, 5) is 9.77. The van der Waals surface area contributed by atoms with Crippen LogP contribution in [0.4, 0.5) is 10.7 Å². The van der Waals surface area contributed by atoms with E-state index in [1.807, 2.05) is 0 Å². The van der Waals surface area contributed by atoms with Gasteiger partial charge in [-0.2, -0.15) is 0 Å². The molecule has 1 aliphatic carbocycles. The van der Waals surface area contributed by atoms with Crippen molar-refractivity contribution in [3.05, 3.63) is 40.3 Å². The normalized spacial score (nSPS) is 24.8. The summed E-state index contributed by atoms with van der Waals surface area (Å²) in [5.41, 5.74) is 11.4. The molecule has 2 fully saturated rings. The first-order chi connectivity index (χ1) is 14.8. The Morgan fingerprint density at radius 1 is 1.23 bits per heavy atom. The van der Waals surface area contributed by atoms with E-state index in [1.54, 1.807) is 18.4 Å². The highest BCUT2D eigenvalue weighted by Crippen LogP contribution is 2.42. The first-order valence-electron chi connectivity index (χ1n) is 11.0. The number of likely N-dealkylation sites (N-methyl/N-ethyl adjacent to an activating group) is 1. The second kappa shape index (κ2) is 7.39. The number of nitrogens with zero attached hydrogens (tertiary/aromatic N) is 3. The van der Waals surface area contributed by atoms with E-state index in [4.69, 9.17) is 15.5 Å². The maximum atomic E-state index is 6.93. The van der Waals surface area contributed by atoms with Crippen LogP contribution in [0.3, 0.4) is 0 Å². The highest BCUT2D eigenvalue weighted by atomic mass is 32.1. The van der Waals surface area contributed by atoms with E-state index in [9.17, 15) is 0 Å². The Hall–Kier alpha value is -2.29. The Morgan fingerprint density at radius 3 is 2.65 bits per heavy atom. The van der Waals surface area contributed by atoms with Gasteiger partial charge in [0, 0.05) is 43.5 Å². The number of hydrogen-bond donors (Lipinski definition) is 3. The number of fused-ring (bicyclic) bond motifs is 1. The van der Waals surface area contributed by atoms with Gasteiger partial charge in [0.1, 0.15) is 16.6 Å². The largest absolute Gasteiger partial charge is 0.496 e. The number of benzene rings is 1. The molecule has 0 radical (unpaired) electrons. The third kappa shape index (κ3) is 3.77. The number of aryl methyl sites for hydroxylation is 1. The molecule has 7 nitrogen and oxygen atoms in total. The molecule has 0 amide bonds. The zero-order chi connectivity index (χ0) is 21.8. The fraction of sp³-hybridized carbons (Fsp3) is 0.522. The number of rotatable bonds is 4. The monoisotopic (exact) mass is 440 g/mol. The zero-order valence-electron chi connectivity index (χ0n) is 18.8. The average Bonchev–Trinajstić information content (AvgIpc) is 3.36. The Kier molecular flexibility index (Phi) is 4.91. The van der Waals surface area contributed by atoms with Crippen LogP contribution in [0.2, 0.25) is 0 Å². The summed E-state index contributed by atoms with van der Waals surface area (Å²) >= 11 is 1.67. The third-order valence-electron chi connectivity index (χ3n) is 6.69. The lowest BCUT2D eigenvalue weighted by Crippen LogP contribution is -2.49. The number of amidine groups is 1. The van der Waals surface area contributed by atoms with E-state index in [-0.39, 0.29) is 5.54 Å². The van der Waals surface area contributed by atoms with Crippen LogP contribution in [0.1, 0.15) is 36.5 Å². The smallest absolute Gasteiger partial charge is 0.215 e. The first-order valence-corrected chi connectivity index (χ1v) is 11.8. The number of thiophene rings is 1. The van der Waals surface area contributed by atoms with Crippen LogP contribution in [-0.4, -0.2) is 56.6 Å². The van der Waals surface area contributed by atoms with Gasteiger partial charge in [-0.3, -0.25) is 5.73 Å². The average molecular weight is 441 g/mol. The third-order valence-corrected chi connectivity index (χ3v) is 7.70. The van der Waals surface area contributed by atoms with Gasteiger partial charge in [0.2, 0.25) is 5.79 Å². The van der Waals surface area contributed by atoms with Crippen molar-refractivity contribution in [3.63, 3.8) is 0 Å². The quantitative estimate of drug-likeness (QED) is 0.679. The van der Waals surface area contributed by atoms with Gasteiger partial charge in [0.05, 0.1) is 18.2 Å². The standard InChI is InChI=1S/C23H32N6OS/c1-15-14-31-21-19(15)20(25-22(2)7-8-22)26-23(24,27-21)17-6-5-16(13-18(17)30-4)29-11-9-28(3)10-12-29/h5-6,13-14,27H,7-12,24H2,1-4H3,(H,25,26). The summed E-state index contributed by atoms with van der Waals surface area (Å²) in [6.45, 7) is 8.50. The Bertz CT molecular complexity index is 1020. The van der Waals surface area contributed by atoms with Gasteiger partial charge < -0.3 is 25.2 Å². The SMILES string of the molecule is COc1cc(N2CCN(C)CC2)ccc1C1(N)N=C(NC2(C)CC2)c2c(C)csc2N1. The van der Waals surface area contributed by atoms with E-state index < -0.39 is 5.79 Å². The summed E-state index contributed by atoms with van der Waals surface area (Å²) in [6.07, 6.45) is 2.30. The van der Waals surface area contributed by atoms with E-state index >= 15 is 0 Å². The van der Waals surface area contributed by atoms with Gasteiger partial charge in [-0.1, -0.05) is 0 Å². The topological polar surface area (TPSA) is 78.2 Å². The van der Waals surface area contributed by atoms with E-state index in [1.165, 1.54) is 5.56 Å². The van der Waals surface area contributed by atoms with Gasteiger partial charge in [0.15, 0.2) is 0 Å². The summed E-state index contributed by atoms with van der Waals surface area (Å²) in [5.74, 6) is 0.535. The molecule has 1 aromatic heterocycles. The van der Waals surface area contributed by atoms with Gasteiger partial charge in [-0.15, -0.1) is 11.3 Å². The minimum Gasteiger partial charge on any atom is -0.496 e. The summed E-state index contributed by atoms with van der Waals surface area (Å²) in [7, 11) is 3.87. The van der Waals surface area contributed by atoms with Crippen LogP contribution in [-0.2, 0) is 5.79 Å². The van der Waals surface area contributed by atoms with Crippen molar-refractivity contribution >= 4 is 27.9 Å². The van der Waals surface area contributed by atoms with E-state index in [2.05, 4.69) is 64.9 Å². The molecular formula is C23H32N6OS. The van der Waals surface area contributed by atoms with Crippen molar-refractivity contribution in [2.45, 2.75) is 38.0 Å². The molecule has 1 aromatic carbocycles. The second-order valence-electron chi connectivity index (χ2n) is 9.34. The van der Waals surface area contributed by atoms with Gasteiger partial charge in [-0.05, 0) is 56.8 Å². The maximum absolute atomic E-state index is 6.93. The fourth-order valence-electron chi connectivity index (χ4n) is 4.34. The Balaban J connectivity index is 1.51. The van der Waals surface area contributed by atoms with Crippen LogP contribution < -0.4 is 26.0 Å². The summed E-state index contributed by atoms with van der Waals surface area (Å²) < 4.78 is 5.81. The van der Waals surface area contributed by atoms with Gasteiger partial charge >= 0.3 is 0 Å². The van der Waals surface area contributed by atoms with E-state index in [0.717, 1.165) is 72.4 Å². The molecule has 1 atom stereocenters. The van der Waals surface area contributed by atoms with Crippen molar-refractivity contribution in [3.8, 4) is 5.75 Å². The highest BCUT2D eigenvalue weighted by molar-refractivity contribution is 7.14. The molecule has 1 unspecified atom stereocenters. The van der Waals surface area contributed by atoms with Crippen molar-refractivity contribution in [1.29, 1.82) is 0 Å². The van der Waals surface area contributed by atoms with Crippen LogP contribution in [0, 0.1) is 6.92 Å². The lowest BCUT2D eigenvalue weighted by atomic mass is 10.0. The fourth-order valence-corrected chi connectivity index (χ4v) is 5.34. The molecule has 3 heterocycles. The number of hydrogen-bond acceptors (Lipinski definition) is 8. The Labute approximate surface area is 188 Å². The van der Waals surface area contributed by atoms with Crippen LogP contribution >= 0.6 is 11.3 Å². The second-order valence-corrected chi connectivity index (χ2v) is 10.2. The molecule has 1 saturated heterocycles. The molecular weight excluding hydrogens is 408 g/mol. The predicted octanol–water partition coefficient (Wildman–Crippen LogP) is 2.90. The minimum absolute atomic E-state index is 0.109. The highest BCUT2D eigenvalue weighted by Gasteiger charge is 2.42. The minimum atomic E-state index is -1.09. The van der Waals surface area contributed by atoms with Gasteiger partial charge in [-0.25, -0.2) is 4.99 Å². The number of nitrogens with two attached hydrogens (primary N) is 1. The van der Waals surface area contributed by atoms with Crippen LogP contribution in [0.15, 0.2) is 28.6 Å². The molecule has 31 heavy (non-hydrogen) atoms. The van der Waals surface area contributed by atoms with Crippen LogP contribution in [0.5, 0.6) is 5.75 Å². The molecule has 5 rings (SSSR count). The maximum Gasteiger partial charge on any atom is 0.215 e. The number of ether oxygens (including phenoxy) is 1. The molecule has 4 N–H and O–H groups in total. The van der Waals surface area contributed by atoms with Crippen molar-refractivity contribution < 1.29 is 4.74 Å². The Morgan fingerprint density at radius 2 is 1.97 bits per heavy atom. The van der Waals surface area contributed by atoms with E-state index in [0.29, 0.717) is 0 Å². The van der Waals surface area contributed by atoms with Crippen molar-refractivity contribution in [2.24, 2.45) is 10.7 Å². The molecule has 8 heteroatoms. The number of aliphatic imine (C=N–C) groups is 1. The number of nitrogens with one attached hydrogen (secondary N) is 2. The van der Waals surface area contributed by atoms with Crippen molar-refractivity contribution in [1.82, 2.24) is 10.2 Å². The lowest BCUT2D eigenvalue weighted by Gasteiger charge is -2.36. The summed E-state index contributed by atoms with van der Waals surface area (Å²) in [5, 5.41) is 10.4. The molecule has 2 aliphatic heterocycles.